The van der Waals surface area contributed by atoms with Crippen LogP contribution in [-0.4, -0.2) is 28.1 Å². The Kier molecular flexibility index (Phi) is 3.64. The Bertz CT molecular complexity index is 763. The molecule has 0 aliphatic carbocycles. The predicted octanol–water partition coefficient (Wildman–Crippen LogP) is 2.53. The van der Waals surface area contributed by atoms with Crippen LogP contribution >= 0.6 is 0 Å². The molecule has 2 aromatic carbocycles. The van der Waals surface area contributed by atoms with E-state index in [0.717, 1.165) is 22.3 Å². The number of carbonyl (C=O) groups is 1. The van der Waals surface area contributed by atoms with E-state index in [1.54, 1.807) is 4.68 Å². The summed E-state index contributed by atoms with van der Waals surface area (Å²) in [4.78, 5) is 11.1. The quantitative estimate of drug-likeness (QED) is 0.689. The number of carbonyl (C=O) groups excluding carboxylic acids is 1. The summed E-state index contributed by atoms with van der Waals surface area (Å²) >= 11 is 0. The molecular weight excluding hydrogens is 266 g/mol. The maximum absolute atomic E-state index is 11.1. The summed E-state index contributed by atoms with van der Waals surface area (Å²) in [5, 5.41) is 8.32. The van der Waals surface area contributed by atoms with Crippen LogP contribution in [0.4, 0.5) is 0 Å². The lowest BCUT2D eigenvalue weighted by molar-refractivity contribution is -0.140. The van der Waals surface area contributed by atoms with E-state index in [2.05, 4.69) is 15.0 Å². The van der Waals surface area contributed by atoms with Crippen LogP contribution in [-0.2, 0) is 16.0 Å². The smallest absolute Gasteiger partial charge is 0.305 e. The van der Waals surface area contributed by atoms with Crippen LogP contribution in [0.3, 0.4) is 0 Å². The Morgan fingerprint density at radius 1 is 1.14 bits per heavy atom. The van der Waals surface area contributed by atoms with E-state index < -0.39 is 0 Å². The van der Waals surface area contributed by atoms with Crippen LogP contribution in [0.25, 0.3) is 16.7 Å². The van der Waals surface area contributed by atoms with Gasteiger partial charge in [0, 0.05) is 6.42 Å². The number of fused-ring (bicyclic) bond motifs is 1. The second-order valence-electron chi connectivity index (χ2n) is 4.73. The highest BCUT2D eigenvalue weighted by Crippen LogP contribution is 2.16. The van der Waals surface area contributed by atoms with Crippen LogP contribution in [0.15, 0.2) is 48.5 Å². The number of aryl methyl sites for hydroxylation is 1. The molecule has 0 atom stereocenters. The van der Waals surface area contributed by atoms with Gasteiger partial charge in [-0.05, 0) is 36.2 Å². The number of nitrogens with zero attached hydrogens (tertiary/aromatic N) is 3. The molecule has 1 aromatic heterocycles. The van der Waals surface area contributed by atoms with Gasteiger partial charge in [-0.15, -0.1) is 5.10 Å². The molecule has 106 valence electrons. The highest BCUT2D eigenvalue weighted by molar-refractivity contribution is 5.75. The van der Waals surface area contributed by atoms with Gasteiger partial charge in [-0.2, -0.15) is 0 Å². The number of rotatable bonds is 4. The molecule has 5 nitrogen and oxygen atoms in total. The van der Waals surface area contributed by atoms with E-state index in [1.165, 1.54) is 7.11 Å². The standard InChI is InChI=1S/C16H15N3O2/c1-21-16(20)11-8-12-6-9-13(10-7-12)19-15-5-3-2-4-14(15)17-18-19/h2-7,9-10H,8,11H2,1H3. The third-order valence-electron chi connectivity index (χ3n) is 3.38. The molecule has 0 unspecified atom stereocenters. The third kappa shape index (κ3) is 2.76. The first-order valence-corrected chi connectivity index (χ1v) is 6.74. The molecule has 0 saturated carbocycles. The number of benzene rings is 2. The van der Waals surface area contributed by atoms with Crippen LogP contribution < -0.4 is 0 Å². The molecule has 3 aromatic rings. The minimum absolute atomic E-state index is 0.193. The van der Waals surface area contributed by atoms with Gasteiger partial charge < -0.3 is 4.74 Å². The number of ether oxygens (including phenoxy) is 1. The van der Waals surface area contributed by atoms with Gasteiger partial charge in [0.05, 0.1) is 18.3 Å². The predicted molar refractivity (Wildman–Crippen MR) is 79.2 cm³/mol. The average Bonchev–Trinajstić information content (AvgIpc) is 2.97. The SMILES string of the molecule is COC(=O)CCc1ccc(-n2nnc3ccccc32)cc1. The lowest BCUT2D eigenvalue weighted by Gasteiger charge is -2.04. The minimum atomic E-state index is -0.193. The fraction of sp³-hybridized carbons (Fsp3) is 0.188. The maximum Gasteiger partial charge on any atom is 0.305 e. The van der Waals surface area contributed by atoms with Gasteiger partial charge in [-0.1, -0.05) is 29.5 Å². The van der Waals surface area contributed by atoms with Gasteiger partial charge in [0.25, 0.3) is 0 Å². The number of para-hydroxylation sites is 1. The fourth-order valence-electron chi connectivity index (χ4n) is 2.21. The summed E-state index contributed by atoms with van der Waals surface area (Å²) in [6.07, 6.45) is 1.06. The largest absolute Gasteiger partial charge is 0.469 e. The lowest BCUT2D eigenvalue weighted by atomic mass is 10.1. The average molecular weight is 281 g/mol. The normalized spacial score (nSPS) is 10.7. The first-order chi connectivity index (χ1) is 10.3. The molecule has 0 fully saturated rings. The first-order valence-electron chi connectivity index (χ1n) is 6.74. The molecule has 5 heteroatoms. The highest BCUT2D eigenvalue weighted by Gasteiger charge is 2.06. The number of methoxy groups -OCH3 is 1. The minimum Gasteiger partial charge on any atom is -0.469 e. The van der Waals surface area contributed by atoms with Gasteiger partial charge in [-0.3, -0.25) is 4.79 Å². The van der Waals surface area contributed by atoms with Crippen molar-refractivity contribution in [1.29, 1.82) is 0 Å². The Hall–Kier alpha value is -2.69. The topological polar surface area (TPSA) is 57.0 Å². The summed E-state index contributed by atoms with van der Waals surface area (Å²) < 4.78 is 6.45. The van der Waals surface area contributed by atoms with E-state index in [1.807, 2.05) is 48.5 Å². The number of hydrogen-bond acceptors (Lipinski definition) is 4. The summed E-state index contributed by atoms with van der Waals surface area (Å²) in [6.45, 7) is 0. The van der Waals surface area contributed by atoms with Crippen LogP contribution in [0, 0.1) is 0 Å². The number of aromatic nitrogens is 3. The molecule has 3 rings (SSSR count). The van der Waals surface area contributed by atoms with E-state index >= 15 is 0 Å². The molecule has 1 heterocycles. The Labute approximate surface area is 122 Å². The van der Waals surface area contributed by atoms with Crippen molar-refractivity contribution in [2.75, 3.05) is 7.11 Å². The van der Waals surface area contributed by atoms with Gasteiger partial charge in [-0.25, -0.2) is 4.68 Å². The lowest BCUT2D eigenvalue weighted by Crippen LogP contribution is -2.02. The van der Waals surface area contributed by atoms with Crippen molar-refractivity contribution in [3.8, 4) is 5.69 Å². The van der Waals surface area contributed by atoms with Crippen LogP contribution in [0.1, 0.15) is 12.0 Å². The molecule has 0 saturated heterocycles. The monoisotopic (exact) mass is 281 g/mol. The molecule has 21 heavy (non-hydrogen) atoms. The first kappa shape index (κ1) is 13.3. The second kappa shape index (κ2) is 5.75. The van der Waals surface area contributed by atoms with Crippen molar-refractivity contribution < 1.29 is 9.53 Å². The van der Waals surface area contributed by atoms with Crippen molar-refractivity contribution in [2.24, 2.45) is 0 Å². The van der Waals surface area contributed by atoms with Gasteiger partial charge in [0.2, 0.25) is 0 Å². The maximum atomic E-state index is 11.1. The molecule has 0 N–H and O–H groups in total. The van der Waals surface area contributed by atoms with E-state index in [-0.39, 0.29) is 5.97 Å². The second-order valence-corrected chi connectivity index (χ2v) is 4.73. The molecule has 0 aliphatic rings. The van der Waals surface area contributed by atoms with Crippen molar-refractivity contribution >= 4 is 17.0 Å². The zero-order valence-corrected chi connectivity index (χ0v) is 11.7. The summed E-state index contributed by atoms with van der Waals surface area (Å²) in [7, 11) is 1.40. The molecule has 0 spiro atoms. The molecule has 0 radical (unpaired) electrons. The van der Waals surface area contributed by atoms with E-state index in [0.29, 0.717) is 12.8 Å². The van der Waals surface area contributed by atoms with Crippen LogP contribution in [0.5, 0.6) is 0 Å². The molecular formula is C16H15N3O2. The number of hydrogen-bond donors (Lipinski definition) is 0. The highest BCUT2D eigenvalue weighted by atomic mass is 16.5. The number of esters is 1. The Morgan fingerprint density at radius 2 is 1.90 bits per heavy atom. The van der Waals surface area contributed by atoms with Gasteiger partial charge in [0.15, 0.2) is 0 Å². The Morgan fingerprint density at radius 3 is 2.67 bits per heavy atom. The van der Waals surface area contributed by atoms with Crippen molar-refractivity contribution in [2.45, 2.75) is 12.8 Å². The van der Waals surface area contributed by atoms with Crippen molar-refractivity contribution in [1.82, 2.24) is 15.0 Å². The zero-order chi connectivity index (χ0) is 14.7. The fourth-order valence-corrected chi connectivity index (χ4v) is 2.21. The van der Waals surface area contributed by atoms with Crippen LogP contribution in [0.2, 0.25) is 0 Å². The van der Waals surface area contributed by atoms with Gasteiger partial charge >= 0.3 is 5.97 Å². The van der Waals surface area contributed by atoms with Crippen molar-refractivity contribution in [3.05, 3.63) is 54.1 Å². The zero-order valence-electron chi connectivity index (χ0n) is 11.7. The molecule has 0 aliphatic heterocycles. The molecule has 0 bridgehead atoms. The van der Waals surface area contributed by atoms with Crippen molar-refractivity contribution in [3.63, 3.8) is 0 Å². The Balaban J connectivity index is 1.82. The summed E-state index contributed by atoms with van der Waals surface area (Å²) in [6, 6.07) is 15.8. The van der Waals surface area contributed by atoms with E-state index in [9.17, 15) is 4.79 Å². The molecule has 0 amide bonds. The van der Waals surface area contributed by atoms with E-state index in [4.69, 9.17) is 0 Å². The summed E-state index contributed by atoms with van der Waals surface area (Å²) in [5.74, 6) is -0.193. The van der Waals surface area contributed by atoms with Gasteiger partial charge in [0.1, 0.15) is 5.52 Å². The third-order valence-corrected chi connectivity index (χ3v) is 3.38. The summed E-state index contributed by atoms with van der Waals surface area (Å²) in [5.41, 5.74) is 3.88.